The average Bonchev–Trinajstić information content (AvgIpc) is 3.08. The van der Waals surface area contributed by atoms with Crippen LogP contribution < -0.4 is 5.73 Å². The molecule has 0 spiro atoms. The Morgan fingerprint density at radius 3 is 2.84 bits per heavy atom. The molecule has 6 heteroatoms. The monoisotopic (exact) mass is 350 g/mol. The van der Waals surface area contributed by atoms with Crippen LogP contribution in [0.1, 0.15) is 17.7 Å². The van der Waals surface area contributed by atoms with Crippen molar-refractivity contribution in [2.75, 3.05) is 7.05 Å². The summed E-state index contributed by atoms with van der Waals surface area (Å²) in [5.74, 6) is 0.588. The van der Waals surface area contributed by atoms with Gasteiger partial charge in [0.2, 0.25) is 0 Å². The maximum Gasteiger partial charge on any atom is 0.262 e. The van der Waals surface area contributed by atoms with Crippen LogP contribution in [0.3, 0.4) is 0 Å². The molecule has 5 nitrogen and oxygen atoms in total. The second-order valence-electron chi connectivity index (χ2n) is 6.85. The Kier molecular flexibility index (Phi) is 2.92. The zero-order valence-corrected chi connectivity index (χ0v) is 14.6. The third kappa shape index (κ3) is 2.00. The number of benzene rings is 1. The number of aromatic nitrogens is 1. The zero-order valence-electron chi connectivity index (χ0n) is 13.8. The lowest BCUT2D eigenvalue weighted by Crippen LogP contribution is -2.41. The van der Waals surface area contributed by atoms with Gasteiger partial charge in [0, 0.05) is 23.6 Å². The number of aromatic amines is 1. The highest BCUT2D eigenvalue weighted by Gasteiger charge is 2.58. The molecule has 0 bridgehead atoms. The Hall–Kier alpha value is -2.60. The minimum Gasteiger partial charge on any atom is -0.369 e. The van der Waals surface area contributed by atoms with Gasteiger partial charge in [0.15, 0.2) is 11.5 Å². The fourth-order valence-electron chi connectivity index (χ4n) is 3.71. The Balaban J connectivity index is 1.60. The number of rotatable bonds is 3. The van der Waals surface area contributed by atoms with Gasteiger partial charge in [0.1, 0.15) is 0 Å². The number of H-pyrrole nitrogens is 1. The molecule has 126 valence electrons. The number of amides is 1. The van der Waals surface area contributed by atoms with E-state index in [2.05, 4.69) is 45.7 Å². The second kappa shape index (κ2) is 4.95. The summed E-state index contributed by atoms with van der Waals surface area (Å²) in [6, 6.07) is 10.5. The first-order valence-corrected chi connectivity index (χ1v) is 9.27. The van der Waals surface area contributed by atoms with Gasteiger partial charge in [-0.2, -0.15) is 0 Å². The van der Waals surface area contributed by atoms with Crippen LogP contribution >= 0.6 is 11.3 Å². The number of fused-ring (bicyclic) bond motifs is 1. The SMILES string of the molecule is CN1C(=O)C(c2cc(-c3ccc4[nH]ccc4c3)cs2)(C2CC2)N=C1N. The summed E-state index contributed by atoms with van der Waals surface area (Å²) in [7, 11) is 1.71. The number of nitrogens with zero attached hydrogens (tertiary/aromatic N) is 2. The third-order valence-electron chi connectivity index (χ3n) is 5.30. The Morgan fingerprint density at radius 1 is 1.28 bits per heavy atom. The Bertz CT molecular complexity index is 1030. The van der Waals surface area contributed by atoms with Gasteiger partial charge in [-0.05, 0) is 64.9 Å². The number of nitrogens with two attached hydrogens (primary N) is 1. The Labute approximate surface area is 149 Å². The molecule has 1 aromatic carbocycles. The van der Waals surface area contributed by atoms with Gasteiger partial charge < -0.3 is 10.7 Å². The van der Waals surface area contributed by atoms with E-state index in [-0.39, 0.29) is 11.8 Å². The lowest BCUT2D eigenvalue weighted by atomic mass is 9.90. The number of hydrogen-bond donors (Lipinski definition) is 2. The topological polar surface area (TPSA) is 74.5 Å². The maximum atomic E-state index is 12.9. The largest absolute Gasteiger partial charge is 0.369 e. The van der Waals surface area contributed by atoms with Crippen molar-refractivity contribution in [3.05, 3.63) is 46.8 Å². The number of carbonyl (C=O) groups excluding carboxylic acids is 1. The molecule has 3 aromatic rings. The number of thiophene rings is 1. The standard InChI is InChI=1S/C19H18N4OS/c1-23-17(24)19(14-3-4-14,22-18(23)20)16-9-13(10-25-16)11-2-5-15-12(8-11)6-7-21-15/h2,5-10,14,21H,3-4H2,1H3,(H2,20,22). The van der Waals surface area contributed by atoms with Crippen molar-refractivity contribution >= 4 is 34.1 Å². The molecule has 5 rings (SSSR count). The summed E-state index contributed by atoms with van der Waals surface area (Å²) in [4.78, 5) is 23.3. The van der Waals surface area contributed by atoms with Crippen LogP contribution in [0, 0.1) is 5.92 Å². The van der Waals surface area contributed by atoms with E-state index in [1.54, 1.807) is 18.4 Å². The van der Waals surface area contributed by atoms with Gasteiger partial charge in [0.25, 0.3) is 5.91 Å². The molecule has 25 heavy (non-hydrogen) atoms. The maximum absolute atomic E-state index is 12.9. The molecule has 2 aromatic heterocycles. The normalized spacial score (nSPS) is 23.5. The summed E-state index contributed by atoms with van der Waals surface area (Å²) in [6.07, 6.45) is 4.00. The first kappa shape index (κ1) is 14.7. The van der Waals surface area contributed by atoms with Crippen molar-refractivity contribution in [3.8, 4) is 11.1 Å². The van der Waals surface area contributed by atoms with Gasteiger partial charge in [-0.15, -0.1) is 11.3 Å². The van der Waals surface area contributed by atoms with E-state index in [1.807, 2.05) is 6.20 Å². The molecule has 0 saturated heterocycles. The van der Waals surface area contributed by atoms with Gasteiger partial charge in [-0.25, -0.2) is 4.99 Å². The first-order chi connectivity index (χ1) is 12.1. The van der Waals surface area contributed by atoms with Crippen LogP contribution in [-0.4, -0.2) is 28.8 Å². The molecule has 1 aliphatic heterocycles. The fraction of sp³-hybridized carbons (Fsp3) is 0.263. The van der Waals surface area contributed by atoms with Gasteiger partial charge in [0.05, 0.1) is 0 Å². The third-order valence-corrected chi connectivity index (χ3v) is 6.35. The fourth-order valence-corrected chi connectivity index (χ4v) is 4.84. The lowest BCUT2D eigenvalue weighted by molar-refractivity contribution is -0.131. The van der Waals surface area contributed by atoms with E-state index in [0.29, 0.717) is 5.96 Å². The van der Waals surface area contributed by atoms with Gasteiger partial charge >= 0.3 is 0 Å². The molecular formula is C19H18N4OS. The number of nitrogens with one attached hydrogen (secondary N) is 1. The highest BCUT2D eigenvalue weighted by molar-refractivity contribution is 7.10. The van der Waals surface area contributed by atoms with Crippen molar-refractivity contribution in [1.29, 1.82) is 0 Å². The summed E-state index contributed by atoms with van der Waals surface area (Å²) < 4.78 is 0. The van der Waals surface area contributed by atoms with Crippen molar-refractivity contribution < 1.29 is 4.79 Å². The molecule has 1 aliphatic carbocycles. The van der Waals surface area contributed by atoms with Crippen LogP contribution in [0.4, 0.5) is 0 Å². The summed E-state index contributed by atoms with van der Waals surface area (Å²) in [5.41, 5.74) is 8.56. The quantitative estimate of drug-likeness (QED) is 0.761. The van der Waals surface area contributed by atoms with Gasteiger partial charge in [-0.1, -0.05) is 6.07 Å². The van der Waals surface area contributed by atoms with Crippen LogP contribution in [0.2, 0.25) is 0 Å². The lowest BCUT2D eigenvalue weighted by Gasteiger charge is -2.23. The van der Waals surface area contributed by atoms with E-state index in [9.17, 15) is 4.79 Å². The van der Waals surface area contributed by atoms with Gasteiger partial charge in [-0.3, -0.25) is 9.69 Å². The van der Waals surface area contributed by atoms with Crippen molar-refractivity contribution in [3.63, 3.8) is 0 Å². The molecule has 1 saturated carbocycles. The number of likely N-dealkylation sites (N-methyl/N-ethyl adjacent to an activating group) is 1. The molecule has 1 unspecified atom stereocenters. The summed E-state index contributed by atoms with van der Waals surface area (Å²) >= 11 is 1.61. The van der Waals surface area contributed by atoms with Crippen LogP contribution in [0.15, 0.2) is 46.9 Å². The highest BCUT2D eigenvalue weighted by Crippen LogP contribution is 2.53. The average molecular weight is 350 g/mol. The van der Waals surface area contributed by atoms with E-state index in [0.717, 1.165) is 34.4 Å². The predicted octanol–water partition coefficient (Wildman–Crippen LogP) is 3.29. The highest BCUT2D eigenvalue weighted by atomic mass is 32.1. The zero-order chi connectivity index (χ0) is 17.2. The Morgan fingerprint density at radius 2 is 2.12 bits per heavy atom. The van der Waals surface area contributed by atoms with E-state index in [4.69, 9.17) is 5.73 Å². The van der Waals surface area contributed by atoms with E-state index in [1.165, 1.54) is 10.3 Å². The smallest absolute Gasteiger partial charge is 0.262 e. The van der Waals surface area contributed by atoms with Crippen LogP contribution in [-0.2, 0) is 10.3 Å². The van der Waals surface area contributed by atoms with E-state index < -0.39 is 5.54 Å². The number of aliphatic imine (C=N–C) groups is 1. The predicted molar refractivity (Wildman–Crippen MR) is 100 cm³/mol. The molecule has 3 heterocycles. The van der Waals surface area contributed by atoms with Crippen molar-refractivity contribution in [1.82, 2.24) is 9.88 Å². The van der Waals surface area contributed by atoms with Crippen molar-refractivity contribution in [2.45, 2.75) is 18.4 Å². The van der Waals surface area contributed by atoms with Crippen molar-refractivity contribution in [2.24, 2.45) is 16.6 Å². The molecule has 3 N–H and O–H groups in total. The molecule has 0 radical (unpaired) electrons. The first-order valence-electron chi connectivity index (χ1n) is 8.39. The molecule has 1 fully saturated rings. The minimum atomic E-state index is -0.806. The minimum absolute atomic E-state index is 0.00184. The van der Waals surface area contributed by atoms with Crippen LogP contribution in [0.5, 0.6) is 0 Å². The second-order valence-corrected chi connectivity index (χ2v) is 7.77. The molecule has 1 amide bonds. The molecular weight excluding hydrogens is 332 g/mol. The van der Waals surface area contributed by atoms with E-state index >= 15 is 0 Å². The molecule has 2 aliphatic rings. The summed E-state index contributed by atoms with van der Waals surface area (Å²) in [6.45, 7) is 0. The summed E-state index contributed by atoms with van der Waals surface area (Å²) in [5, 5.41) is 3.30. The van der Waals surface area contributed by atoms with Crippen LogP contribution in [0.25, 0.3) is 22.0 Å². The number of hydrogen-bond acceptors (Lipinski definition) is 4. The molecule has 1 atom stereocenters. The number of guanidine groups is 1. The number of carbonyl (C=O) groups is 1.